The molecule has 18 heavy (non-hydrogen) atoms. The maximum absolute atomic E-state index is 11.1. The van der Waals surface area contributed by atoms with E-state index in [1.54, 1.807) is 11.3 Å². The van der Waals surface area contributed by atoms with E-state index in [1.165, 1.54) is 0 Å². The van der Waals surface area contributed by atoms with Gasteiger partial charge in [0.15, 0.2) is 5.13 Å². The van der Waals surface area contributed by atoms with Gasteiger partial charge in [0.05, 0.1) is 17.7 Å². The lowest BCUT2D eigenvalue weighted by Gasteiger charge is -2.16. The number of hydrogen-bond acceptors (Lipinski definition) is 5. The predicted molar refractivity (Wildman–Crippen MR) is 68.9 cm³/mol. The van der Waals surface area contributed by atoms with Gasteiger partial charge in [0.25, 0.3) is 0 Å². The first-order valence-electron chi connectivity index (χ1n) is 5.86. The molecule has 1 heterocycles. The first kappa shape index (κ1) is 12.8. The summed E-state index contributed by atoms with van der Waals surface area (Å²) in [6.07, 6.45) is 1.45. The van der Waals surface area contributed by atoms with Crippen LogP contribution in [0.3, 0.4) is 0 Å². The van der Waals surface area contributed by atoms with E-state index in [2.05, 4.69) is 11.1 Å². The molecule has 2 atom stereocenters. The van der Waals surface area contributed by atoms with Crippen LogP contribution in [0, 0.1) is 17.2 Å². The summed E-state index contributed by atoms with van der Waals surface area (Å²) in [6, 6.07) is 2.18. The van der Waals surface area contributed by atoms with Crippen molar-refractivity contribution in [2.75, 3.05) is 18.5 Å². The molecule has 0 saturated carbocycles. The SMILES string of the molecule is CC(C#N)CN(C)c1nc2c(s1)CCC2C(=O)O. The number of anilines is 1. The van der Waals surface area contributed by atoms with Gasteiger partial charge in [-0.05, 0) is 19.8 Å². The van der Waals surface area contributed by atoms with Crippen LogP contribution in [0.1, 0.15) is 29.8 Å². The summed E-state index contributed by atoms with van der Waals surface area (Å²) < 4.78 is 0. The summed E-state index contributed by atoms with van der Waals surface area (Å²) in [5.74, 6) is -1.31. The third kappa shape index (κ3) is 2.31. The zero-order chi connectivity index (χ0) is 13.3. The first-order chi connectivity index (χ1) is 8.52. The average molecular weight is 265 g/mol. The Balaban J connectivity index is 2.16. The number of carbonyl (C=O) groups is 1. The first-order valence-corrected chi connectivity index (χ1v) is 6.67. The van der Waals surface area contributed by atoms with Gasteiger partial charge in [-0.25, -0.2) is 4.98 Å². The molecule has 1 aliphatic carbocycles. The Bertz CT molecular complexity index is 506. The highest BCUT2D eigenvalue weighted by Crippen LogP contribution is 2.39. The van der Waals surface area contributed by atoms with Crippen molar-refractivity contribution in [1.82, 2.24) is 4.98 Å². The highest BCUT2D eigenvalue weighted by molar-refractivity contribution is 7.15. The predicted octanol–water partition coefficient (Wildman–Crippen LogP) is 1.85. The third-order valence-electron chi connectivity index (χ3n) is 3.10. The fourth-order valence-corrected chi connectivity index (χ4v) is 3.25. The molecule has 6 heteroatoms. The van der Waals surface area contributed by atoms with Gasteiger partial charge in [0.2, 0.25) is 0 Å². The Morgan fingerprint density at radius 1 is 1.78 bits per heavy atom. The number of fused-ring (bicyclic) bond motifs is 1. The summed E-state index contributed by atoms with van der Waals surface area (Å²) in [5.41, 5.74) is 0.721. The number of rotatable bonds is 4. The van der Waals surface area contributed by atoms with E-state index in [4.69, 9.17) is 10.4 Å². The van der Waals surface area contributed by atoms with Crippen molar-refractivity contribution in [1.29, 1.82) is 5.26 Å². The molecular weight excluding hydrogens is 250 g/mol. The van der Waals surface area contributed by atoms with Crippen LogP contribution in [0.4, 0.5) is 5.13 Å². The lowest BCUT2D eigenvalue weighted by molar-refractivity contribution is -0.138. The Morgan fingerprint density at radius 2 is 2.50 bits per heavy atom. The van der Waals surface area contributed by atoms with E-state index < -0.39 is 11.9 Å². The smallest absolute Gasteiger partial charge is 0.312 e. The second-order valence-corrected chi connectivity index (χ2v) is 5.71. The minimum absolute atomic E-state index is 0.0657. The Kier molecular flexibility index (Phi) is 3.53. The van der Waals surface area contributed by atoms with E-state index in [9.17, 15) is 4.79 Å². The largest absolute Gasteiger partial charge is 0.481 e. The monoisotopic (exact) mass is 265 g/mol. The molecule has 96 valence electrons. The van der Waals surface area contributed by atoms with Gasteiger partial charge in [-0.1, -0.05) is 0 Å². The fourth-order valence-electron chi connectivity index (χ4n) is 2.15. The molecule has 2 unspecified atom stereocenters. The fraction of sp³-hybridized carbons (Fsp3) is 0.583. The molecule has 0 saturated heterocycles. The third-order valence-corrected chi connectivity index (χ3v) is 4.34. The molecule has 0 radical (unpaired) electrons. The van der Waals surface area contributed by atoms with Crippen LogP contribution in [0.15, 0.2) is 0 Å². The van der Waals surface area contributed by atoms with Gasteiger partial charge in [0.1, 0.15) is 5.92 Å². The van der Waals surface area contributed by atoms with Crippen molar-refractivity contribution >= 4 is 22.4 Å². The molecule has 1 N–H and O–H groups in total. The Labute approximate surface area is 110 Å². The van der Waals surface area contributed by atoms with Crippen molar-refractivity contribution in [3.8, 4) is 6.07 Å². The van der Waals surface area contributed by atoms with Gasteiger partial charge in [-0.15, -0.1) is 11.3 Å². The van der Waals surface area contributed by atoms with Crippen molar-refractivity contribution in [3.05, 3.63) is 10.6 Å². The van der Waals surface area contributed by atoms with Gasteiger partial charge in [-0.3, -0.25) is 4.79 Å². The van der Waals surface area contributed by atoms with Crippen LogP contribution in [0.5, 0.6) is 0 Å². The summed E-state index contributed by atoms with van der Waals surface area (Å²) in [7, 11) is 1.89. The van der Waals surface area contributed by atoms with Crippen LogP contribution < -0.4 is 4.90 Å². The van der Waals surface area contributed by atoms with Crippen LogP contribution in [0.2, 0.25) is 0 Å². The van der Waals surface area contributed by atoms with Gasteiger partial charge in [0, 0.05) is 18.5 Å². The summed E-state index contributed by atoms with van der Waals surface area (Å²) in [4.78, 5) is 18.5. The van der Waals surface area contributed by atoms with E-state index in [-0.39, 0.29) is 5.92 Å². The van der Waals surface area contributed by atoms with Crippen LogP contribution in [-0.2, 0) is 11.2 Å². The molecule has 1 aliphatic rings. The molecule has 5 nitrogen and oxygen atoms in total. The summed E-state index contributed by atoms with van der Waals surface area (Å²) >= 11 is 1.55. The van der Waals surface area contributed by atoms with Crippen molar-refractivity contribution in [3.63, 3.8) is 0 Å². The number of aliphatic carboxylic acids is 1. The van der Waals surface area contributed by atoms with Crippen molar-refractivity contribution < 1.29 is 9.90 Å². The molecule has 1 aromatic rings. The molecule has 2 rings (SSSR count). The highest BCUT2D eigenvalue weighted by atomic mass is 32.1. The molecular formula is C12H15N3O2S. The number of carboxylic acid groups (broad SMARTS) is 1. The average Bonchev–Trinajstić information content (AvgIpc) is 2.86. The summed E-state index contributed by atoms with van der Waals surface area (Å²) in [6.45, 7) is 2.47. The quantitative estimate of drug-likeness (QED) is 0.899. The zero-order valence-electron chi connectivity index (χ0n) is 10.4. The minimum Gasteiger partial charge on any atom is -0.481 e. The topological polar surface area (TPSA) is 77.2 Å². The number of aryl methyl sites for hydroxylation is 1. The molecule has 0 fully saturated rings. The Hall–Kier alpha value is -1.61. The maximum Gasteiger partial charge on any atom is 0.312 e. The van der Waals surface area contributed by atoms with E-state index in [0.717, 1.165) is 22.1 Å². The van der Waals surface area contributed by atoms with Crippen LogP contribution in [-0.4, -0.2) is 29.7 Å². The normalized spacial score (nSPS) is 19.1. The van der Waals surface area contributed by atoms with E-state index >= 15 is 0 Å². The van der Waals surface area contributed by atoms with Crippen molar-refractivity contribution in [2.45, 2.75) is 25.7 Å². The zero-order valence-corrected chi connectivity index (χ0v) is 11.2. The number of hydrogen-bond donors (Lipinski definition) is 1. The minimum atomic E-state index is -0.793. The van der Waals surface area contributed by atoms with E-state index in [0.29, 0.717) is 13.0 Å². The number of nitriles is 1. The second-order valence-electron chi connectivity index (χ2n) is 4.65. The second kappa shape index (κ2) is 4.94. The molecule has 0 amide bonds. The standard InChI is InChI=1S/C12H15N3O2S/c1-7(5-13)6-15(2)12-14-10-8(11(16)17)3-4-9(10)18-12/h7-8H,3-4,6H2,1-2H3,(H,16,17). The number of aromatic nitrogens is 1. The number of thiazole rings is 1. The van der Waals surface area contributed by atoms with Gasteiger partial charge in [-0.2, -0.15) is 5.26 Å². The Morgan fingerprint density at radius 3 is 3.11 bits per heavy atom. The maximum atomic E-state index is 11.1. The van der Waals surface area contributed by atoms with Crippen LogP contribution >= 0.6 is 11.3 Å². The van der Waals surface area contributed by atoms with Crippen LogP contribution in [0.25, 0.3) is 0 Å². The van der Waals surface area contributed by atoms with Gasteiger partial charge < -0.3 is 10.0 Å². The van der Waals surface area contributed by atoms with Crippen molar-refractivity contribution in [2.24, 2.45) is 5.92 Å². The van der Waals surface area contributed by atoms with E-state index in [1.807, 2.05) is 18.9 Å². The number of nitrogens with zero attached hydrogens (tertiary/aromatic N) is 3. The summed E-state index contributed by atoms with van der Waals surface area (Å²) in [5, 5.41) is 18.7. The highest BCUT2D eigenvalue weighted by Gasteiger charge is 2.32. The number of carboxylic acids is 1. The lowest BCUT2D eigenvalue weighted by atomic mass is 10.1. The lowest BCUT2D eigenvalue weighted by Crippen LogP contribution is -2.23. The molecule has 0 bridgehead atoms. The molecule has 0 aromatic carbocycles. The van der Waals surface area contributed by atoms with Gasteiger partial charge >= 0.3 is 5.97 Å². The molecule has 1 aromatic heterocycles. The molecule has 0 spiro atoms. The molecule has 0 aliphatic heterocycles.